The molecule has 82 valence electrons. The van der Waals surface area contributed by atoms with E-state index < -0.39 is 11.7 Å². The molecule has 0 unspecified atom stereocenters. The lowest BCUT2D eigenvalue weighted by molar-refractivity contribution is -0.160. The lowest BCUT2D eigenvalue weighted by Gasteiger charge is -2.21. The van der Waals surface area contributed by atoms with E-state index in [1.165, 1.54) is 0 Å². The van der Waals surface area contributed by atoms with Crippen LogP contribution in [0.5, 0.6) is 0 Å². The predicted molar refractivity (Wildman–Crippen MR) is 52.6 cm³/mol. The molecule has 1 saturated carbocycles. The van der Waals surface area contributed by atoms with Gasteiger partial charge in [-0.15, -0.1) is 0 Å². The maximum absolute atomic E-state index is 11.6. The van der Waals surface area contributed by atoms with Crippen molar-refractivity contribution in [2.75, 3.05) is 0 Å². The first-order valence-electron chi connectivity index (χ1n) is 4.96. The van der Waals surface area contributed by atoms with Crippen molar-refractivity contribution in [1.29, 1.82) is 0 Å². The van der Waals surface area contributed by atoms with Crippen LogP contribution in [0.25, 0.3) is 0 Å². The summed E-state index contributed by atoms with van der Waals surface area (Å²) in [6.45, 7) is 5.49. The Balaban J connectivity index is 2.48. The Kier molecular flexibility index (Phi) is 3.17. The minimum Gasteiger partial charge on any atom is -0.460 e. The second kappa shape index (κ2) is 3.87. The molecular weight excluding hydrogens is 182 g/mol. The highest BCUT2D eigenvalue weighted by Crippen LogP contribution is 2.27. The minimum absolute atomic E-state index is 0.237. The number of hydrogen-bond acceptors (Lipinski definition) is 4. The van der Waals surface area contributed by atoms with Crippen molar-refractivity contribution < 1.29 is 14.6 Å². The zero-order valence-corrected chi connectivity index (χ0v) is 8.99. The quantitative estimate of drug-likeness (QED) is 0.603. The molecule has 4 nitrogen and oxygen atoms in total. The van der Waals surface area contributed by atoms with Crippen molar-refractivity contribution in [2.45, 2.75) is 51.4 Å². The number of aliphatic hydroxyl groups excluding tert-OH is 1. The Morgan fingerprint density at radius 1 is 1.43 bits per heavy atom. The van der Waals surface area contributed by atoms with Gasteiger partial charge in [0.05, 0.1) is 12.0 Å². The van der Waals surface area contributed by atoms with Crippen molar-refractivity contribution in [2.24, 2.45) is 11.7 Å². The zero-order valence-electron chi connectivity index (χ0n) is 8.99. The van der Waals surface area contributed by atoms with E-state index in [2.05, 4.69) is 0 Å². The van der Waals surface area contributed by atoms with E-state index in [0.717, 1.165) is 0 Å². The van der Waals surface area contributed by atoms with Gasteiger partial charge in [0, 0.05) is 6.04 Å². The van der Waals surface area contributed by atoms with Crippen molar-refractivity contribution in [1.82, 2.24) is 0 Å². The summed E-state index contributed by atoms with van der Waals surface area (Å²) in [5.41, 5.74) is 5.15. The summed E-state index contributed by atoms with van der Waals surface area (Å²) < 4.78 is 5.21. The number of aliphatic hydroxyl groups is 1. The van der Waals surface area contributed by atoms with E-state index in [0.29, 0.717) is 12.8 Å². The summed E-state index contributed by atoms with van der Waals surface area (Å²) in [5.74, 6) is -0.483. The van der Waals surface area contributed by atoms with Crippen LogP contribution in [-0.2, 0) is 9.53 Å². The highest BCUT2D eigenvalue weighted by atomic mass is 16.6. The van der Waals surface area contributed by atoms with Crippen LogP contribution in [0.15, 0.2) is 0 Å². The molecule has 1 aliphatic rings. The van der Waals surface area contributed by atoms with E-state index in [1.54, 1.807) is 0 Å². The van der Waals surface area contributed by atoms with Crippen molar-refractivity contribution in [3.8, 4) is 0 Å². The molecule has 14 heavy (non-hydrogen) atoms. The first kappa shape index (κ1) is 11.5. The monoisotopic (exact) mass is 201 g/mol. The molecule has 0 aromatic carbocycles. The molecular formula is C10H19NO3. The third-order valence-corrected chi connectivity index (χ3v) is 2.32. The molecule has 0 bridgehead atoms. The fraction of sp³-hybridized carbons (Fsp3) is 0.900. The van der Waals surface area contributed by atoms with Crippen molar-refractivity contribution >= 4 is 5.97 Å². The van der Waals surface area contributed by atoms with Crippen LogP contribution >= 0.6 is 0 Å². The molecule has 0 heterocycles. The SMILES string of the molecule is CC(C)(C)OC(=O)[C@@H]1C[C@@H](N)[C@H](O)C1. The third-order valence-electron chi connectivity index (χ3n) is 2.32. The Morgan fingerprint density at radius 2 is 2.00 bits per heavy atom. The largest absolute Gasteiger partial charge is 0.460 e. The van der Waals surface area contributed by atoms with E-state index in [9.17, 15) is 9.90 Å². The molecule has 0 amide bonds. The Labute approximate surface area is 84.4 Å². The Morgan fingerprint density at radius 3 is 2.36 bits per heavy atom. The van der Waals surface area contributed by atoms with Gasteiger partial charge >= 0.3 is 5.97 Å². The van der Waals surface area contributed by atoms with Gasteiger partial charge in [-0.05, 0) is 33.6 Å². The second-order valence-electron chi connectivity index (χ2n) is 4.93. The smallest absolute Gasteiger partial charge is 0.309 e. The first-order chi connectivity index (χ1) is 6.29. The molecule has 0 radical (unpaired) electrons. The zero-order chi connectivity index (χ0) is 10.9. The molecule has 3 atom stereocenters. The Bertz CT molecular complexity index is 212. The van der Waals surface area contributed by atoms with Crippen LogP contribution in [0.3, 0.4) is 0 Å². The van der Waals surface area contributed by atoms with E-state index in [4.69, 9.17) is 10.5 Å². The molecule has 1 aliphatic carbocycles. The van der Waals surface area contributed by atoms with Crippen molar-refractivity contribution in [3.63, 3.8) is 0 Å². The van der Waals surface area contributed by atoms with Gasteiger partial charge in [-0.1, -0.05) is 0 Å². The number of esters is 1. The summed E-state index contributed by atoms with van der Waals surface area (Å²) in [5, 5.41) is 9.38. The Hall–Kier alpha value is -0.610. The summed E-state index contributed by atoms with van der Waals surface area (Å²) >= 11 is 0. The molecule has 3 N–H and O–H groups in total. The number of rotatable bonds is 1. The molecule has 0 aromatic heterocycles. The van der Waals surface area contributed by atoms with Crippen molar-refractivity contribution in [3.05, 3.63) is 0 Å². The number of carbonyl (C=O) groups excluding carboxylic acids is 1. The molecule has 1 rings (SSSR count). The van der Waals surface area contributed by atoms with Crippen LogP contribution in [0.2, 0.25) is 0 Å². The van der Waals surface area contributed by atoms with Crippen LogP contribution in [-0.4, -0.2) is 28.8 Å². The van der Waals surface area contributed by atoms with Crippen LogP contribution in [0.4, 0.5) is 0 Å². The fourth-order valence-corrected chi connectivity index (χ4v) is 1.63. The molecule has 0 aliphatic heterocycles. The molecule has 4 heteroatoms. The summed E-state index contributed by atoms with van der Waals surface area (Å²) in [7, 11) is 0. The number of nitrogens with two attached hydrogens (primary N) is 1. The summed E-state index contributed by atoms with van der Waals surface area (Å²) in [6.07, 6.45) is 0.388. The molecule has 0 aromatic rings. The van der Waals surface area contributed by atoms with E-state index in [1.807, 2.05) is 20.8 Å². The maximum Gasteiger partial charge on any atom is 0.309 e. The average molecular weight is 201 g/mol. The number of hydrogen-bond donors (Lipinski definition) is 2. The van der Waals surface area contributed by atoms with E-state index in [-0.39, 0.29) is 17.9 Å². The molecule has 0 spiro atoms. The molecule has 0 saturated heterocycles. The van der Waals surface area contributed by atoms with Gasteiger partial charge in [-0.2, -0.15) is 0 Å². The van der Waals surface area contributed by atoms with Crippen LogP contribution in [0.1, 0.15) is 33.6 Å². The topological polar surface area (TPSA) is 72.5 Å². The average Bonchev–Trinajstić information content (AvgIpc) is 2.28. The van der Waals surface area contributed by atoms with Gasteiger partial charge in [0.15, 0.2) is 0 Å². The summed E-state index contributed by atoms with van der Waals surface area (Å²) in [6, 6.07) is -0.285. The van der Waals surface area contributed by atoms with Gasteiger partial charge in [0.2, 0.25) is 0 Å². The predicted octanol–water partition coefficient (Wildman–Crippen LogP) is 0.426. The molecule has 1 fully saturated rings. The van der Waals surface area contributed by atoms with Gasteiger partial charge in [0.1, 0.15) is 5.60 Å². The summed E-state index contributed by atoms with van der Waals surface area (Å²) in [4.78, 5) is 11.6. The van der Waals surface area contributed by atoms with Gasteiger partial charge in [-0.25, -0.2) is 0 Å². The maximum atomic E-state index is 11.6. The standard InChI is InChI=1S/C10H19NO3/c1-10(2,3)14-9(13)6-4-7(11)8(12)5-6/h6-8,12H,4-5,11H2,1-3H3/t6-,7-,8-/m1/s1. The van der Waals surface area contributed by atoms with E-state index >= 15 is 0 Å². The highest BCUT2D eigenvalue weighted by Gasteiger charge is 2.36. The number of ether oxygens (including phenoxy) is 1. The third kappa shape index (κ3) is 2.96. The van der Waals surface area contributed by atoms with Gasteiger partial charge in [0.25, 0.3) is 0 Å². The van der Waals surface area contributed by atoms with Crippen LogP contribution < -0.4 is 5.73 Å². The first-order valence-corrected chi connectivity index (χ1v) is 4.96. The van der Waals surface area contributed by atoms with Gasteiger partial charge < -0.3 is 15.6 Å². The second-order valence-corrected chi connectivity index (χ2v) is 4.93. The fourth-order valence-electron chi connectivity index (χ4n) is 1.63. The highest BCUT2D eigenvalue weighted by molar-refractivity contribution is 5.73. The lowest BCUT2D eigenvalue weighted by atomic mass is 10.1. The normalized spacial score (nSPS) is 33.1. The van der Waals surface area contributed by atoms with Gasteiger partial charge in [-0.3, -0.25) is 4.79 Å². The minimum atomic E-state index is -0.562. The van der Waals surface area contributed by atoms with Crippen LogP contribution in [0, 0.1) is 5.92 Å². The lowest BCUT2D eigenvalue weighted by Crippen LogP contribution is -2.29. The number of carbonyl (C=O) groups is 1.